The second-order valence-corrected chi connectivity index (χ2v) is 37.5. The molecule has 15 aromatic heterocycles. The van der Waals surface area contributed by atoms with Crippen LogP contribution in [0.4, 0.5) is 0 Å². The molecule has 0 unspecified atom stereocenters. The molecule has 33 heteroatoms. The maximum atomic E-state index is 12.8. The number of rotatable bonds is 12. The number of nitrogens with zero attached hydrogens (tertiary/aromatic N) is 24. The Morgan fingerprint density at radius 2 is 0.627 bits per heavy atom. The number of likely N-dealkylation sites (tertiary alicyclic amines) is 6. The zero-order chi connectivity index (χ0) is 97.4. The van der Waals surface area contributed by atoms with Crippen LogP contribution in [0.1, 0.15) is 178 Å². The summed E-state index contributed by atoms with van der Waals surface area (Å²) in [6, 6.07) is 44.7. The van der Waals surface area contributed by atoms with Gasteiger partial charge in [0.1, 0.15) is 34.6 Å². The van der Waals surface area contributed by atoms with Crippen LogP contribution in [0.3, 0.4) is 0 Å². The van der Waals surface area contributed by atoms with E-state index in [1.54, 1.807) is 93.0 Å². The predicted molar refractivity (Wildman–Crippen MR) is 551 cm³/mol. The lowest BCUT2D eigenvalue weighted by molar-refractivity contribution is 0.0692. The quantitative estimate of drug-likeness (QED) is 0.110. The van der Waals surface area contributed by atoms with Crippen molar-refractivity contribution in [2.24, 2.45) is 5.92 Å². The Hall–Kier alpha value is -15.3. The molecule has 6 aliphatic heterocycles. The Balaban J connectivity index is 0.000000108. The summed E-state index contributed by atoms with van der Waals surface area (Å²) < 4.78 is 11.7. The largest absolute Gasteiger partial charge is 0.339 e. The number of amides is 6. The highest BCUT2D eigenvalue weighted by Gasteiger charge is 2.29. The van der Waals surface area contributed by atoms with Crippen molar-refractivity contribution in [3.8, 4) is 34.4 Å². The summed E-state index contributed by atoms with van der Waals surface area (Å²) in [5, 5.41) is 7.44. The third kappa shape index (κ3) is 22.0. The third-order valence-electron chi connectivity index (χ3n) is 26.7. The van der Waals surface area contributed by atoms with Crippen LogP contribution >= 0.6 is 34.8 Å². The summed E-state index contributed by atoms with van der Waals surface area (Å²) in [6.07, 6.45) is 57.3. The van der Waals surface area contributed by atoms with Gasteiger partial charge in [-0.2, -0.15) is 0 Å². The molecule has 6 saturated heterocycles. The van der Waals surface area contributed by atoms with Gasteiger partial charge in [-0.1, -0.05) is 53.9 Å². The number of fused-ring (bicyclic) bond motifs is 6. The van der Waals surface area contributed by atoms with Gasteiger partial charge in [0.2, 0.25) is 0 Å². The van der Waals surface area contributed by atoms with E-state index in [2.05, 4.69) is 71.3 Å². The average Bonchev–Trinajstić information content (AvgIpc) is 1.61. The number of hydrogen-bond donors (Lipinski definition) is 0. The highest BCUT2D eigenvalue weighted by molar-refractivity contribution is 6.38. The second-order valence-electron chi connectivity index (χ2n) is 36.3. The number of benzene rings is 3. The Morgan fingerprint density at radius 1 is 0.275 bits per heavy atom. The summed E-state index contributed by atoms with van der Waals surface area (Å²) >= 11 is 18.7. The topological polar surface area (TPSA) is 306 Å². The molecule has 6 amide bonds. The van der Waals surface area contributed by atoms with E-state index in [0.29, 0.717) is 66.1 Å². The van der Waals surface area contributed by atoms with Crippen molar-refractivity contribution in [1.29, 1.82) is 0 Å². The van der Waals surface area contributed by atoms with Crippen LogP contribution in [0.15, 0.2) is 276 Å². The molecule has 720 valence electrons. The lowest BCUT2D eigenvalue weighted by Crippen LogP contribution is -2.38. The first-order valence-corrected chi connectivity index (χ1v) is 49.8. The van der Waals surface area contributed by atoms with Gasteiger partial charge in [-0.15, -0.1) is 0 Å². The molecule has 0 radical (unpaired) electrons. The number of piperidine rings is 6. The molecule has 0 aliphatic carbocycles. The van der Waals surface area contributed by atoms with E-state index in [9.17, 15) is 28.8 Å². The first-order chi connectivity index (χ1) is 69.6. The van der Waals surface area contributed by atoms with Crippen molar-refractivity contribution in [2.45, 2.75) is 116 Å². The molecule has 30 nitrogen and oxygen atoms in total. The Kier molecular flexibility index (Phi) is 30.2. The summed E-state index contributed by atoms with van der Waals surface area (Å²) in [7, 11) is 0. The van der Waals surface area contributed by atoms with Gasteiger partial charge < -0.3 is 38.5 Å². The molecule has 6 fully saturated rings. The number of carbonyl (C=O) groups excluding carboxylic acids is 6. The second kappa shape index (κ2) is 44.9. The fraction of sp³-hybridized carbons (Fsp3) is 0.284. The van der Waals surface area contributed by atoms with E-state index in [1.165, 1.54) is 38.4 Å². The first kappa shape index (κ1) is 95.6. The van der Waals surface area contributed by atoms with Crippen molar-refractivity contribution in [3.63, 3.8) is 0 Å². The van der Waals surface area contributed by atoms with Crippen LogP contribution in [0.2, 0.25) is 15.1 Å². The van der Waals surface area contributed by atoms with E-state index in [0.717, 1.165) is 244 Å². The van der Waals surface area contributed by atoms with E-state index in [1.807, 2.05) is 229 Å². The molecule has 0 bridgehead atoms. The molecule has 21 heterocycles. The van der Waals surface area contributed by atoms with E-state index < -0.39 is 0 Å². The molecule has 142 heavy (non-hydrogen) atoms. The van der Waals surface area contributed by atoms with Crippen LogP contribution in [0, 0.1) is 5.92 Å². The molecule has 0 N–H and O–H groups in total. The maximum absolute atomic E-state index is 12.8. The average molecular weight is 1960 g/mol. The van der Waals surface area contributed by atoms with E-state index in [-0.39, 0.29) is 35.4 Å². The summed E-state index contributed by atoms with van der Waals surface area (Å²) in [5.41, 5.74) is 12.6. The highest BCUT2D eigenvalue weighted by Crippen LogP contribution is 2.34. The van der Waals surface area contributed by atoms with Crippen molar-refractivity contribution in [3.05, 3.63) is 324 Å². The van der Waals surface area contributed by atoms with Gasteiger partial charge in [0.05, 0.1) is 80.7 Å². The lowest BCUT2D eigenvalue weighted by Gasteiger charge is -2.30. The molecule has 0 atom stereocenters. The zero-order valence-electron chi connectivity index (χ0n) is 78.9. The number of pyridine rings is 6. The summed E-state index contributed by atoms with van der Waals surface area (Å²) in [5.74, 6) is 2.47. The molecule has 3 aromatic carbocycles. The van der Waals surface area contributed by atoms with Gasteiger partial charge in [-0.05, 0) is 242 Å². The first-order valence-electron chi connectivity index (χ1n) is 48.7. The maximum Gasteiger partial charge on any atom is 0.256 e. The smallest absolute Gasteiger partial charge is 0.256 e. The standard InChI is InChI=1S/C20H19ClN2O.C19H18ClN3O.C18H18ClN5O.C18H18N4O.2C17H17N5O/c21-17-5-4-6-18(14-17)23-12-9-15-13-16(7-8-19(15)23)20(24)22-10-2-1-3-11-22;20-16-5-4-6-17(12-16)23-10-7-14-11-15(13-21-18(14)23)19(24)22-8-2-1-3-9-22;1-12-2-7-23(8-3-12)18(25)14-10-22-17-13(16(14)19)4-9-24(17)15-11-20-5-6-21-15;23-18(21-8-2-1-3-9-21)15-11-14-6-10-22(17(14)20-12-15)16-5-4-7-19-13-16;23-17(21-7-2-1-3-8-21)14-10-13-4-9-22(16(13)20-11-14)15-12-18-5-6-19-15;23-17(21-5-2-1-3-6-21)14-8-13-4-7-22(16(13)20-9-14)15-10-18-12-19-11-15/h4-9,12-14H,1-3,10-11H2;4-7,10-13H,1-3,8-9H2;4-6,9-12H,2-3,7-8H2,1H3;4-7,10-13H,1-3,8-9H2;4-6,9-12H,1-3,7-8H2;4,7-12H,1-3,5-6H2. The van der Waals surface area contributed by atoms with Crippen molar-refractivity contribution >= 4 is 136 Å². The van der Waals surface area contributed by atoms with Gasteiger partial charge in [0, 0.05) is 237 Å². The fourth-order valence-electron chi connectivity index (χ4n) is 19.0. The number of aromatic nitrogens is 18. The van der Waals surface area contributed by atoms with E-state index in [4.69, 9.17) is 34.8 Å². The molecular weight excluding hydrogens is 1850 g/mol. The van der Waals surface area contributed by atoms with Crippen LogP contribution in [-0.4, -0.2) is 231 Å². The van der Waals surface area contributed by atoms with Crippen LogP contribution < -0.4 is 0 Å². The van der Waals surface area contributed by atoms with E-state index >= 15 is 0 Å². The fourth-order valence-corrected chi connectivity index (χ4v) is 19.7. The molecular formula is C109H107Cl3N24O6. The summed E-state index contributed by atoms with van der Waals surface area (Å²) in [4.78, 5) is 139. The monoisotopic (exact) mass is 1950 g/mol. The minimum absolute atomic E-state index is 0.0430. The van der Waals surface area contributed by atoms with Gasteiger partial charge in [0.25, 0.3) is 35.4 Å². The highest BCUT2D eigenvalue weighted by atomic mass is 35.5. The molecule has 0 saturated carbocycles. The number of hydrogen-bond acceptors (Lipinski definition) is 18. The van der Waals surface area contributed by atoms with Crippen LogP contribution in [0.25, 0.3) is 100 Å². The number of halogens is 3. The van der Waals surface area contributed by atoms with Crippen molar-refractivity contribution < 1.29 is 28.8 Å². The summed E-state index contributed by atoms with van der Waals surface area (Å²) in [6.45, 7) is 12.3. The molecule has 0 spiro atoms. The molecule has 18 aromatic rings. The molecule has 24 rings (SSSR count). The van der Waals surface area contributed by atoms with Gasteiger partial charge in [-0.3, -0.25) is 62.0 Å². The Bertz CT molecular complexity index is 7010. The Morgan fingerprint density at radius 3 is 1.06 bits per heavy atom. The van der Waals surface area contributed by atoms with Gasteiger partial charge in [-0.25, -0.2) is 44.9 Å². The van der Waals surface area contributed by atoms with Crippen LogP contribution in [-0.2, 0) is 0 Å². The zero-order valence-corrected chi connectivity index (χ0v) is 81.1. The minimum atomic E-state index is -0.0430. The minimum Gasteiger partial charge on any atom is -0.339 e. The lowest BCUT2D eigenvalue weighted by atomic mass is 9.99. The Labute approximate surface area is 835 Å². The van der Waals surface area contributed by atoms with Gasteiger partial charge >= 0.3 is 0 Å². The molecule has 6 aliphatic rings. The SMILES string of the molecule is CC1CCN(C(=O)c2cnc3c(ccn3-c3cnccn3)c2Cl)CC1.O=C(c1ccc2c(ccn2-c2cccc(Cl)c2)c1)N1CCCCC1.O=C(c1cnc2c(ccn2-c2cccc(Cl)c2)c1)N1CCCCC1.O=C(c1cnc2c(ccn2-c2cccnc2)c1)N1CCCCC1.O=C(c1cnc2c(ccn2-c2cnccn2)c1)N1CCCCC1.O=C(c1cnc2c(ccn2-c2cncnc2)c1)N1CCCCC1. The van der Waals surface area contributed by atoms with Crippen molar-refractivity contribution in [1.82, 2.24) is 117 Å². The number of carbonyl (C=O) groups is 6. The predicted octanol–water partition coefficient (Wildman–Crippen LogP) is 20.5. The third-order valence-corrected chi connectivity index (χ3v) is 27.6. The van der Waals surface area contributed by atoms with Gasteiger partial charge in [0.15, 0.2) is 11.6 Å². The van der Waals surface area contributed by atoms with Crippen molar-refractivity contribution in [2.75, 3.05) is 78.5 Å². The van der Waals surface area contributed by atoms with Crippen LogP contribution in [0.5, 0.6) is 0 Å². The normalized spacial score (nSPS) is 15.1.